The number of oxime groups is 1. The van der Waals surface area contributed by atoms with E-state index in [1.165, 1.54) is 33.2 Å². The standard InChI is InChI=1S/C20H27NO3.C19H15FN2O4/c1-6-16(21-24-7-2)20-17(22)10-15(11-18(20)23)19-13(4)8-12(3)9-14(19)5;1-2-7-21-15-9-14(13(20)8-16(15)26-10-17(21)23)22-18(24)11-5-3-4-6-12(11)19(22)25/h8-9,15,22H,6-7,10-11H2,1-5H3;1,8-9H,3-7,10H2/b21-16+;. The average molecular weight is 684 g/mol. The van der Waals surface area contributed by atoms with Crippen molar-refractivity contribution in [2.24, 2.45) is 5.16 Å². The van der Waals surface area contributed by atoms with Crippen molar-refractivity contribution in [1.29, 1.82) is 0 Å². The quantitative estimate of drug-likeness (QED) is 0.151. The van der Waals surface area contributed by atoms with Gasteiger partial charge in [-0.3, -0.25) is 24.1 Å². The van der Waals surface area contributed by atoms with Crippen LogP contribution in [0.1, 0.15) is 87.0 Å². The summed E-state index contributed by atoms with van der Waals surface area (Å²) in [7, 11) is 0. The third kappa shape index (κ3) is 6.93. The first-order valence-electron chi connectivity index (χ1n) is 16.9. The molecule has 1 N–H and O–H groups in total. The summed E-state index contributed by atoms with van der Waals surface area (Å²) in [6.45, 7) is 10.1. The molecule has 0 radical (unpaired) electrons. The van der Waals surface area contributed by atoms with Crippen molar-refractivity contribution in [2.45, 2.75) is 85.5 Å². The summed E-state index contributed by atoms with van der Waals surface area (Å²) in [4.78, 5) is 57.3. The van der Waals surface area contributed by atoms with Crippen LogP contribution in [0.5, 0.6) is 5.75 Å². The number of halogens is 1. The molecule has 0 spiro atoms. The Labute approximate surface area is 291 Å². The third-order valence-electron chi connectivity index (χ3n) is 9.36. The molecule has 2 aliphatic heterocycles. The van der Waals surface area contributed by atoms with Gasteiger partial charge < -0.3 is 14.7 Å². The first kappa shape index (κ1) is 36.1. The number of nitrogens with zero attached hydrogens (tertiary/aromatic N) is 3. The number of carbonyl (C=O) groups excluding carboxylic acids is 4. The highest BCUT2D eigenvalue weighted by molar-refractivity contribution is 6.33. The van der Waals surface area contributed by atoms with Gasteiger partial charge in [0.15, 0.2) is 18.2 Å². The van der Waals surface area contributed by atoms with E-state index in [0.29, 0.717) is 61.1 Å². The molecule has 50 heavy (non-hydrogen) atoms. The second-order valence-electron chi connectivity index (χ2n) is 12.8. The number of hydrogen-bond acceptors (Lipinski definition) is 8. The topological polar surface area (TPSA) is 126 Å². The number of carbonyl (C=O) groups is 4. The fraction of sp³-hybridized carbons (Fsp3) is 0.410. The number of imide groups is 1. The van der Waals surface area contributed by atoms with Crippen LogP contribution in [0.25, 0.3) is 0 Å². The Balaban J connectivity index is 0.000000195. The number of aliphatic hydroxyl groups excluding tert-OH is 1. The molecule has 6 rings (SSSR count). The van der Waals surface area contributed by atoms with Crippen molar-refractivity contribution in [3.63, 3.8) is 0 Å². The summed E-state index contributed by atoms with van der Waals surface area (Å²) in [6.07, 6.45) is 9.43. The Bertz CT molecular complexity index is 1850. The minimum atomic E-state index is -0.764. The van der Waals surface area contributed by atoms with Crippen molar-refractivity contribution in [3.05, 3.63) is 74.8 Å². The molecular formula is C39H42FN3O7. The van der Waals surface area contributed by atoms with Crippen LogP contribution in [-0.4, -0.2) is 54.1 Å². The number of aryl methyl sites for hydroxylation is 3. The molecule has 10 nitrogen and oxygen atoms in total. The molecule has 0 bridgehead atoms. The summed E-state index contributed by atoms with van der Waals surface area (Å²) in [5.41, 5.74) is 6.64. The average Bonchev–Trinajstić information content (AvgIpc) is 3.32. The van der Waals surface area contributed by atoms with Crippen LogP contribution >= 0.6 is 0 Å². The summed E-state index contributed by atoms with van der Waals surface area (Å²) in [6, 6.07) is 6.64. The molecule has 3 amide bonds. The highest BCUT2D eigenvalue weighted by Gasteiger charge is 2.42. The maximum absolute atomic E-state index is 14.7. The Morgan fingerprint density at radius 1 is 1.00 bits per heavy atom. The maximum Gasteiger partial charge on any atom is 0.265 e. The van der Waals surface area contributed by atoms with E-state index in [-0.39, 0.29) is 53.6 Å². The predicted molar refractivity (Wildman–Crippen MR) is 188 cm³/mol. The van der Waals surface area contributed by atoms with E-state index in [9.17, 15) is 28.7 Å². The van der Waals surface area contributed by atoms with E-state index in [2.05, 4.69) is 44.0 Å². The molecule has 1 unspecified atom stereocenters. The van der Waals surface area contributed by atoms with Crippen LogP contribution in [0.3, 0.4) is 0 Å². The van der Waals surface area contributed by atoms with Gasteiger partial charge >= 0.3 is 0 Å². The second-order valence-corrected chi connectivity index (χ2v) is 12.8. The summed E-state index contributed by atoms with van der Waals surface area (Å²) in [5.74, 6) is 0.509. The number of terminal acetylenes is 1. The number of benzene rings is 2. The molecule has 0 saturated carbocycles. The minimum absolute atomic E-state index is 0.0170. The summed E-state index contributed by atoms with van der Waals surface area (Å²) < 4.78 is 19.9. The summed E-state index contributed by atoms with van der Waals surface area (Å²) >= 11 is 0. The van der Waals surface area contributed by atoms with Gasteiger partial charge in [0.25, 0.3) is 17.7 Å². The molecular weight excluding hydrogens is 641 g/mol. The Kier molecular flexibility index (Phi) is 10.9. The normalized spacial score (nSPS) is 19.1. The largest absolute Gasteiger partial charge is 0.511 e. The molecule has 262 valence electrons. The van der Waals surface area contributed by atoms with Crippen LogP contribution in [0.2, 0.25) is 0 Å². The first-order chi connectivity index (χ1) is 23.9. The SMILES string of the molecule is C#CCN1C(=O)COc2cc(F)c(N3C(=O)C4=C(CCCC4)C3=O)cc21.CCO/N=C(\CC)C1=C(O)CC(c2c(C)cc(C)cc2C)CC1=O. The maximum atomic E-state index is 14.7. The third-order valence-corrected chi connectivity index (χ3v) is 9.36. The van der Waals surface area contributed by atoms with Gasteiger partial charge in [-0.25, -0.2) is 9.29 Å². The van der Waals surface area contributed by atoms with Gasteiger partial charge in [-0.15, -0.1) is 6.42 Å². The number of amides is 3. The molecule has 11 heteroatoms. The number of fused-ring (bicyclic) bond motifs is 1. The van der Waals surface area contributed by atoms with Crippen molar-refractivity contribution in [1.82, 2.24) is 0 Å². The van der Waals surface area contributed by atoms with Crippen molar-refractivity contribution < 1.29 is 38.2 Å². The smallest absolute Gasteiger partial charge is 0.265 e. The highest BCUT2D eigenvalue weighted by Crippen LogP contribution is 2.42. The molecule has 2 aromatic rings. The lowest BCUT2D eigenvalue weighted by Gasteiger charge is -2.29. The predicted octanol–water partition coefficient (Wildman–Crippen LogP) is 6.60. The number of rotatable bonds is 7. The summed E-state index contributed by atoms with van der Waals surface area (Å²) in [5, 5.41) is 14.5. The zero-order chi connectivity index (χ0) is 36.3. The van der Waals surface area contributed by atoms with Gasteiger partial charge in [-0.05, 0) is 88.5 Å². The highest BCUT2D eigenvalue weighted by atomic mass is 19.1. The van der Waals surface area contributed by atoms with Crippen molar-refractivity contribution in [2.75, 3.05) is 29.6 Å². The van der Waals surface area contributed by atoms with Gasteiger partial charge in [0.1, 0.15) is 18.1 Å². The minimum Gasteiger partial charge on any atom is -0.511 e. The molecule has 0 fully saturated rings. The molecule has 2 heterocycles. The van der Waals surface area contributed by atoms with Gasteiger partial charge in [0, 0.05) is 30.1 Å². The van der Waals surface area contributed by atoms with Gasteiger partial charge in [0.05, 0.1) is 29.2 Å². The van der Waals surface area contributed by atoms with E-state index in [0.717, 1.165) is 23.8 Å². The fourth-order valence-electron chi connectivity index (χ4n) is 7.30. The molecule has 2 aliphatic carbocycles. The van der Waals surface area contributed by atoms with Gasteiger partial charge in [0.2, 0.25) is 0 Å². The van der Waals surface area contributed by atoms with Crippen LogP contribution in [0.4, 0.5) is 15.8 Å². The van der Waals surface area contributed by atoms with Gasteiger partial charge in [-0.1, -0.05) is 35.7 Å². The molecule has 2 aromatic carbocycles. The van der Waals surface area contributed by atoms with Crippen molar-refractivity contribution >= 4 is 40.6 Å². The van der Waals surface area contributed by atoms with Crippen molar-refractivity contribution in [3.8, 4) is 18.1 Å². The van der Waals surface area contributed by atoms with Crippen LogP contribution < -0.4 is 14.5 Å². The van der Waals surface area contributed by atoms with E-state index < -0.39 is 17.6 Å². The first-order valence-corrected chi connectivity index (χ1v) is 16.9. The second kappa shape index (κ2) is 15.1. The Morgan fingerprint density at radius 2 is 1.64 bits per heavy atom. The monoisotopic (exact) mass is 683 g/mol. The Morgan fingerprint density at radius 3 is 2.20 bits per heavy atom. The van der Waals surface area contributed by atoms with Gasteiger partial charge in [-0.2, -0.15) is 0 Å². The zero-order valence-corrected chi connectivity index (χ0v) is 29.2. The molecule has 1 atom stereocenters. The van der Waals surface area contributed by atoms with E-state index in [1.54, 1.807) is 0 Å². The lowest BCUT2D eigenvalue weighted by atomic mass is 9.78. The number of allylic oxidation sites excluding steroid dienone is 2. The Hall–Kier alpha value is -5.24. The lowest BCUT2D eigenvalue weighted by molar-refractivity contribution is -0.121. The molecule has 0 saturated heterocycles. The van der Waals surface area contributed by atoms with Crippen LogP contribution in [-0.2, 0) is 24.0 Å². The fourth-order valence-corrected chi connectivity index (χ4v) is 7.30. The number of Topliss-reactive ketones (excluding diaryl/α,β-unsaturated/α-hetero) is 1. The lowest BCUT2D eigenvalue weighted by Crippen LogP contribution is -2.39. The number of ether oxygens (including phenoxy) is 1. The van der Waals surface area contributed by atoms with E-state index in [1.807, 2.05) is 13.8 Å². The van der Waals surface area contributed by atoms with Crippen LogP contribution in [0, 0.1) is 38.9 Å². The van der Waals surface area contributed by atoms with E-state index in [4.69, 9.17) is 16.0 Å². The number of aliphatic hydroxyl groups is 1. The zero-order valence-electron chi connectivity index (χ0n) is 29.2. The number of ketones is 1. The number of anilines is 2. The number of hydrogen-bond donors (Lipinski definition) is 1. The van der Waals surface area contributed by atoms with E-state index >= 15 is 0 Å². The van der Waals surface area contributed by atoms with Crippen LogP contribution in [0.15, 0.2) is 51.9 Å². The molecule has 4 aliphatic rings. The molecule has 0 aromatic heterocycles.